The predicted molar refractivity (Wildman–Crippen MR) is 151 cm³/mol. The minimum absolute atomic E-state index is 0.0126. The van der Waals surface area contributed by atoms with E-state index in [0.717, 1.165) is 43.0 Å². The molecule has 1 aromatic carbocycles. The van der Waals surface area contributed by atoms with Crippen molar-refractivity contribution in [2.75, 3.05) is 33.4 Å². The molecule has 1 aromatic rings. The lowest BCUT2D eigenvalue weighted by molar-refractivity contribution is -0.120. The van der Waals surface area contributed by atoms with Crippen molar-refractivity contribution in [3.63, 3.8) is 0 Å². The van der Waals surface area contributed by atoms with Gasteiger partial charge < -0.3 is 19.7 Å². The van der Waals surface area contributed by atoms with Crippen LogP contribution in [0.1, 0.15) is 96.5 Å². The standard InChI is InChI=1S/C31H50N2O3/c1-4-6-7-8-9-10-11-12-13-14-15-16-22-36-29-20-19-28(30(24-29)35-3)23-31(34)32-25-27-18-17-21-33(5-2)26-27/h17-20,24,26H,4-16,21-23,25H2,1-3H3,(H,32,34). The number of benzene rings is 1. The van der Waals surface area contributed by atoms with Gasteiger partial charge in [-0.2, -0.15) is 0 Å². The Bertz CT molecular complexity index is 803. The Morgan fingerprint density at radius 1 is 0.944 bits per heavy atom. The fourth-order valence-electron chi connectivity index (χ4n) is 4.52. The summed E-state index contributed by atoms with van der Waals surface area (Å²) in [7, 11) is 1.64. The van der Waals surface area contributed by atoms with Gasteiger partial charge in [0.2, 0.25) is 5.91 Å². The minimum atomic E-state index is -0.0126. The molecule has 1 heterocycles. The Morgan fingerprint density at radius 2 is 1.61 bits per heavy atom. The second-order valence-electron chi connectivity index (χ2n) is 9.86. The van der Waals surface area contributed by atoms with Crippen LogP contribution < -0.4 is 14.8 Å². The van der Waals surface area contributed by atoms with Crippen LogP contribution in [0, 0.1) is 0 Å². The van der Waals surface area contributed by atoms with Gasteiger partial charge in [-0.15, -0.1) is 0 Å². The van der Waals surface area contributed by atoms with Crippen molar-refractivity contribution in [2.45, 2.75) is 97.3 Å². The summed E-state index contributed by atoms with van der Waals surface area (Å²) in [4.78, 5) is 14.7. The first-order chi connectivity index (χ1) is 17.7. The summed E-state index contributed by atoms with van der Waals surface area (Å²) in [6, 6.07) is 5.78. The van der Waals surface area contributed by atoms with Crippen molar-refractivity contribution in [1.29, 1.82) is 0 Å². The van der Waals surface area contributed by atoms with Gasteiger partial charge in [-0.1, -0.05) is 95.8 Å². The third-order valence-electron chi connectivity index (χ3n) is 6.79. The maximum atomic E-state index is 12.5. The zero-order valence-electron chi connectivity index (χ0n) is 23.2. The summed E-state index contributed by atoms with van der Waals surface area (Å²) in [5.74, 6) is 1.49. The molecular weight excluding hydrogens is 448 g/mol. The monoisotopic (exact) mass is 498 g/mol. The van der Waals surface area contributed by atoms with Gasteiger partial charge >= 0.3 is 0 Å². The summed E-state index contributed by atoms with van der Waals surface area (Å²) in [6.07, 6.45) is 22.6. The number of hydrogen-bond donors (Lipinski definition) is 1. The number of hydrogen-bond acceptors (Lipinski definition) is 4. The van der Waals surface area contributed by atoms with Gasteiger partial charge in [-0.05, 0) is 25.0 Å². The lowest BCUT2D eigenvalue weighted by atomic mass is 10.1. The van der Waals surface area contributed by atoms with Crippen molar-refractivity contribution in [1.82, 2.24) is 10.2 Å². The molecule has 5 nitrogen and oxygen atoms in total. The maximum absolute atomic E-state index is 12.5. The van der Waals surface area contributed by atoms with E-state index in [0.29, 0.717) is 12.3 Å². The van der Waals surface area contributed by atoms with Gasteiger partial charge in [0, 0.05) is 37.5 Å². The SMILES string of the molecule is CCCCCCCCCCCCCCOc1ccc(CC(=O)NCC2=CN(CC)CC=C2)c(OC)c1. The Labute approximate surface area is 220 Å². The molecule has 5 heteroatoms. The molecule has 0 unspecified atom stereocenters. The molecule has 0 spiro atoms. The van der Waals surface area contributed by atoms with Crippen LogP contribution in [0.2, 0.25) is 0 Å². The van der Waals surface area contributed by atoms with Crippen molar-refractivity contribution >= 4 is 5.91 Å². The number of carbonyl (C=O) groups excluding carboxylic acids is 1. The summed E-state index contributed by atoms with van der Waals surface area (Å²) in [6.45, 7) is 7.55. The topological polar surface area (TPSA) is 50.8 Å². The van der Waals surface area contributed by atoms with Crippen LogP contribution in [-0.4, -0.2) is 44.2 Å². The summed E-state index contributed by atoms with van der Waals surface area (Å²) >= 11 is 0. The number of ether oxygens (including phenoxy) is 2. The number of carbonyl (C=O) groups is 1. The molecule has 202 valence electrons. The smallest absolute Gasteiger partial charge is 0.224 e. The van der Waals surface area contributed by atoms with Crippen molar-refractivity contribution in [2.24, 2.45) is 0 Å². The average molecular weight is 499 g/mol. The van der Waals surface area contributed by atoms with E-state index in [1.165, 1.54) is 70.6 Å². The Hall–Kier alpha value is -2.43. The highest BCUT2D eigenvalue weighted by Crippen LogP contribution is 2.25. The van der Waals surface area contributed by atoms with E-state index in [2.05, 4.69) is 42.4 Å². The van der Waals surface area contributed by atoms with E-state index in [1.54, 1.807) is 7.11 Å². The average Bonchev–Trinajstić information content (AvgIpc) is 2.91. The predicted octanol–water partition coefficient (Wildman–Crippen LogP) is 7.21. The Balaban J connectivity index is 1.59. The molecule has 1 amide bonds. The first kappa shape index (κ1) is 29.8. The molecule has 1 aliphatic rings. The fraction of sp³-hybridized carbons (Fsp3) is 0.645. The maximum Gasteiger partial charge on any atom is 0.224 e. The van der Waals surface area contributed by atoms with Crippen LogP contribution in [0.5, 0.6) is 11.5 Å². The number of amides is 1. The van der Waals surface area contributed by atoms with E-state index in [4.69, 9.17) is 9.47 Å². The lowest BCUT2D eigenvalue weighted by Gasteiger charge is -2.21. The molecule has 0 bridgehead atoms. The fourth-order valence-corrected chi connectivity index (χ4v) is 4.52. The zero-order chi connectivity index (χ0) is 25.8. The molecule has 0 fully saturated rings. The number of likely N-dealkylation sites (N-methyl/N-ethyl adjacent to an activating group) is 1. The van der Waals surface area contributed by atoms with Crippen LogP contribution in [0.25, 0.3) is 0 Å². The van der Waals surface area contributed by atoms with Crippen LogP contribution in [0.15, 0.2) is 42.1 Å². The van der Waals surface area contributed by atoms with Crippen LogP contribution >= 0.6 is 0 Å². The van der Waals surface area contributed by atoms with E-state index < -0.39 is 0 Å². The van der Waals surface area contributed by atoms with E-state index >= 15 is 0 Å². The Morgan fingerprint density at radius 3 is 2.25 bits per heavy atom. The first-order valence-corrected chi connectivity index (χ1v) is 14.3. The highest BCUT2D eigenvalue weighted by atomic mass is 16.5. The highest BCUT2D eigenvalue weighted by Gasteiger charge is 2.11. The number of unbranched alkanes of at least 4 members (excludes halogenated alkanes) is 11. The zero-order valence-corrected chi connectivity index (χ0v) is 23.2. The van der Waals surface area contributed by atoms with Crippen molar-refractivity contribution in [3.05, 3.63) is 47.7 Å². The molecular formula is C31H50N2O3. The number of rotatable bonds is 20. The van der Waals surface area contributed by atoms with Crippen LogP contribution in [-0.2, 0) is 11.2 Å². The van der Waals surface area contributed by atoms with E-state index in [-0.39, 0.29) is 12.3 Å². The second kappa shape index (κ2) is 18.8. The van der Waals surface area contributed by atoms with Gasteiger partial charge in [0.1, 0.15) is 11.5 Å². The molecule has 1 aliphatic heterocycles. The molecule has 0 aliphatic carbocycles. The molecule has 0 saturated carbocycles. The van der Waals surface area contributed by atoms with Gasteiger partial charge in [0.05, 0.1) is 20.1 Å². The molecule has 36 heavy (non-hydrogen) atoms. The molecule has 2 rings (SSSR count). The molecule has 1 N–H and O–H groups in total. The molecule has 0 saturated heterocycles. The normalized spacial score (nSPS) is 13.0. The lowest BCUT2D eigenvalue weighted by Crippen LogP contribution is -2.29. The molecule has 0 aromatic heterocycles. The van der Waals surface area contributed by atoms with Crippen LogP contribution in [0.4, 0.5) is 0 Å². The van der Waals surface area contributed by atoms with Gasteiger partial charge in [-0.25, -0.2) is 0 Å². The van der Waals surface area contributed by atoms with Gasteiger partial charge in [0.25, 0.3) is 0 Å². The van der Waals surface area contributed by atoms with Crippen molar-refractivity contribution in [3.8, 4) is 11.5 Å². The summed E-state index contributed by atoms with van der Waals surface area (Å²) in [5.41, 5.74) is 1.99. The van der Waals surface area contributed by atoms with Crippen molar-refractivity contribution < 1.29 is 14.3 Å². The third-order valence-corrected chi connectivity index (χ3v) is 6.79. The molecule has 0 radical (unpaired) electrons. The third kappa shape index (κ3) is 12.5. The number of nitrogens with one attached hydrogen (secondary N) is 1. The second-order valence-corrected chi connectivity index (χ2v) is 9.86. The Kier molecular flexibility index (Phi) is 15.5. The van der Waals surface area contributed by atoms with Gasteiger partial charge in [0.15, 0.2) is 0 Å². The quantitative estimate of drug-likeness (QED) is 0.193. The number of nitrogens with zero attached hydrogens (tertiary/aromatic N) is 1. The van der Waals surface area contributed by atoms with E-state index in [1.807, 2.05) is 18.2 Å². The molecule has 0 atom stereocenters. The van der Waals surface area contributed by atoms with Crippen LogP contribution in [0.3, 0.4) is 0 Å². The minimum Gasteiger partial charge on any atom is -0.496 e. The first-order valence-electron chi connectivity index (χ1n) is 14.3. The number of methoxy groups -OCH3 is 1. The van der Waals surface area contributed by atoms with E-state index in [9.17, 15) is 4.79 Å². The highest BCUT2D eigenvalue weighted by molar-refractivity contribution is 5.79. The van der Waals surface area contributed by atoms with Gasteiger partial charge in [-0.3, -0.25) is 4.79 Å². The summed E-state index contributed by atoms with van der Waals surface area (Å²) < 4.78 is 11.5. The summed E-state index contributed by atoms with van der Waals surface area (Å²) in [5, 5.41) is 3.02. The largest absolute Gasteiger partial charge is 0.496 e.